The van der Waals surface area contributed by atoms with E-state index in [4.69, 9.17) is 15.3 Å². The number of nitrogens with zero attached hydrogens (tertiary/aromatic N) is 2. The molecule has 0 unspecified atom stereocenters. The summed E-state index contributed by atoms with van der Waals surface area (Å²) in [5.41, 5.74) is 1.10. The van der Waals surface area contributed by atoms with Crippen molar-refractivity contribution < 1.29 is 9.53 Å². The summed E-state index contributed by atoms with van der Waals surface area (Å²) in [7, 11) is 1.51. The van der Waals surface area contributed by atoms with Gasteiger partial charge in [0.05, 0.1) is 12.8 Å². The van der Waals surface area contributed by atoms with Gasteiger partial charge in [-0.05, 0) is 18.2 Å². The Labute approximate surface area is 117 Å². The third-order valence-electron chi connectivity index (χ3n) is 2.42. The lowest BCUT2D eigenvalue weighted by molar-refractivity contribution is -0.115. The number of rotatable bonds is 5. The number of carbonyl (C=O) groups is 1. The Morgan fingerprint density at radius 2 is 2.10 bits per heavy atom. The van der Waals surface area contributed by atoms with E-state index in [0.29, 0.717) is 23.5 Å². The first-order valence-electron chi connectivity index (χ1n) is 5.89. The number of carbonyl (C=O) groups excluding carboxylic acids is 1. The number of nitrogens with one attached hydrogen (secondary N) is 2. The molecule has 0 aliphatic carbocycles. The van der Waals surface area contributed by atoms with Gasteiger partial charge in [0.25, 0.3) is 0 Å². The summed E-state index contributed by atoms with van der Waals surface area (Å²) in [5.74, 6) is 0.396. The number of hydrogen-bond acceptors (Lipinski definition) is 5. The SMILES string of the molecule is CCC(=O)Nc1cc(NC=C(C#N)C#N)ccc1OC. The van der Waals surface area contributed by atoms with Crippen LogP contribution in [0.15, 0.2) is 30.0 Å². The minimum Gasteiger partial charge on any atom is -0.495 e. The fourth-order valence-corrected chi connectivity index (χ4v) is 1.38. The van der Waals surface area contributed by atoms with E-state index in [9.17, 15) is 4.79 Å². The van der Waals surface area contributed by atoms with Crippen molar-refractivity contribution in [3.8, 4) is 17.9 Å². The molecule has 1 rings (SSSR count). The largest absolute Gasteiger partial charge is 0.495 e. The molecule has 0 aliphatic heterocycles. The zero-order valence-electron chi connectivity index (χ0n) is 11.2. The van der Waals surface area contributed by atoms with Gasteiger partial charge in [0.2, 0.25) is 5.91 Å². The Kier molecular flexibility index (Phi) is 5.61. The molecule has 0 bridgehead atoms. The van der Waals surface area contributed by atoms with Crippen molar-refractivity contribution in [3.05, 3.63) is 30.0 Å². The van der Waals surface area contributed by atoms with E-state index in [1.54, 1.807) is 37.3 Å². The summed E-state index contributed by atoms with van der Waals surface area (Å²) < 4.78 is 5.15. The van der Waals surface area contributed by atoms with Crippen LogP contribution in [0.2, 0.25) is 0 Å². The van der Waals surface area contributed by atoms with Crippen LogP contribution in [0.25, 0.3) is 0 Å². The lowest BCUT2D eigenvalue weighted by atomic mass is 10.2. The quantitative estimate of drug-likeness (QED) is 0.800. The van der Waals surface area contributed by atoms with E-state index in [-0.39, 0.29) is 11.5 Å². The summed E-state index contributed by atoms with van der Waals surface area (Å²) in [6, 6.07) is 8.54. The molecule has 0 fully saturated rings. The van der Waals surface area contributed by atoms with Gasteiger partial charge >= 0.3 is 0 Å². The molecular formula is C14H14N4O2. The lowest BCUT2D eigenvalue weighted by Gasteiger charge is -2.11. The van der Waals surface area contributed by atoms with E-state index in [2.05, 4.69) is 10.6 Å². The van der Waals surface area contributed by atoms with Crippen molar-refractivity contribution >= 4 is 17.3 Å². The number of benzene rings is 1. The fourth-order valence-electron chi connectivity index (χ4n) is 1.38. The average molecular weight is 270 g/mol. The molecular weight excluding hydrogens is 256 g/mol. The van der Waals surface area contributed by atoms with Crippen LogP contribution in [0.3, 0.4) is 0 Å². The first kappa shape index (κ1) is 15.1. The van der Waals surface area contributed by atoms with Crippen LogP contribution in [0.4, 0.5) is 11.4 Å². The molecule has 1 amide bonds. The minimum absolute atomic E-state index is 0.0417. The van der Waals surface area contributed by atoms with Crippen molar-refractivity contribution in [2.24, 2.45) is 0 Å². The summed E-state index contributed by atoms with van der Waals surface area (Å²) >= 11 is 0. The predicted molar refractivity (Wildman–Crippen MR) is 74.8 cm³/mol. The molecule has 0 heterocycles. The number of ether oxygens (including phenoxy) is 1. The number of methoxy groups -OCH3 is 1. The highest BCUT2D eigenvalue weighted by Gasteiger charge is 2.07. The van der Waals surface area contributed by atoms with E-state index >= 15 is 0 Å². The fraction of sp³-hybridized carbons (Fsp3) is 0.214. The molecule has 1 aromatic rings. The Hall–Kier alpha value is -2.99. The third kappa shape index (κ3) is 4.04. The second-order valence-electron chi connectivity index (χ2n) is 3.74. The van der Waals surface area contributed by atoms with Gasteiger partial charge in [0.15, 0.2) is 0 Å². The first-order chi connectivity index (χ1) is 9.64. The van der Waals surface area contributed by atoms with E-state index in [1.165, 1.54) is 13.3 Å². The minimum atomic E-state index is -0.134. The number of anilines is 2. The molecule has 0 aromatic heterocycles. The predicted octanol–water partition coefficient (Wildman–Crippen LogP) is 2.39. The number of nitriles is 2. The topological polar surface area (TPSA) is 97.9 Å². The highest BCUT2D eigenvalue weighted by atomic mass is 16.5. The third-order valence-corrected chi connectivity index (χ3v) is 2.42. The van der Waals surface area contributed by atoms with Crippen LogP contribution in [-0.4, -0.2) is 13.0 Å². The monoisotopic (exact) mass is 270 g/mol. The second kappa shape index (κ2) is 7.45. The van der Waals surface area contributed by atoms with Crippen molar-refractivity contribution in [2.45, 2.75) is 13.3 Å². The summed E-state index contributed by atoms with van der Waals surface area (Å²) in [4.78, 5) is 11.4. The molecule has 102 valence electrons. The van der Waals surface area contributed by atoms with Gasteiger partial charge in [-0.1, -0.05) is 6.92 Å². The average Bonchev–Trinajstić information content (AvgIpc) is 2.48. The van der Waals surface area contributed by atoms with Gasteiger partial charge < -0.3 is 15.4 Å². The zero-order chi connectivity index (χ0) is 15.0. The Bertz CT molecular complexity index is 593. The highest BCUT2D eigenvalue weighted by molar-refractivity contribution is 5.92. The highest BCUT2D eigenvalue weighted by Crippen LogP contribution is 2.28. The molecule has 0 saturated heterocycles. The molecule has 0 aliphatic rings. The molecule has 1 aromatic carbocycles. The number of amides is 1. The van der Waals surface area contributed by atoms with Gasteiger partial charge in [-0.2, -0.15) is 10.5 Å². The second-order valence-corrected chi connectivity index (χ2v) is 3.74. The Morgan fingerprint density at radius 1 is 1.40 bits per heavy atom. The maximum atomic E-state index is 11.4. The van der Waals surface area contributed by atoms with Crippen LogP contribution < -0.4 is 15.4 Å². The van der Waals surface area contributed by atoms with Crippen molar-refractivity contribution in [1.82, 2.24) is 0 Å². The van der Waals surface area contributed by atoms with Gasteiger partial charge in [-0.15, -0.1) is 0 Å². The molecule has 0 radical (unpaired) electrons. The van der Waals surface area contributed by atoms with E-state index < -0.39 is 0 Å². The molecule has 0 spiro atoms. The summed E-state index contributed by atoms with van der Waals surface area (Å²) in [6.45, 7) is 1.75. The van der Waals surface area contributed by atoms with Gasteiger partial charge in [-0.25, -0.2) is 0 Å². The molecule has 2 N–H and O–H groups in total. The van der Waals surface area contributed by atoms with E-state index in [1.807, 2.05) is 0 Å². The van der Waals surface area contributed by atoms with Crippen LogP contribution in [0.1, 0.15) is 13.3 Å². The van der Waals surface area contributed by atoms with Crippen LogP contribution in [-0.2, 0) is 4.79 Å². The van der Waals surface area contributed by atoms with Crippen LogP contribution in [0.5, 0.6) is 5.75 Å². The molecule has 20 heavy (non-hydrogen) atoms. The first-order valence-corrected chi connectivity index (χ1v) is 5.89. The van der Waals surface area contributed by atoms with Crippen molar-refractivity contribution in [1.29, 1.82) is 10.5 Å². The normalized spacial score (nSPS) is 8.80. The molecule has 0 atom stereocenters. The number of hydrogen-bond donors (Lipinski definition) is 2. The molecule has 6 nitrogen and oxygen atoms in total. The molecule has 0 saturated carbocycles. The Balaban J connectivity index is 2.99. The van der Waals surface area contributed by atoms with Crippen molar-refractivity contribution in [3.63, 3.8) is 0 Å². The van der Waals surface area contributed by atoms with Crippen LogP contribution in [0, 0.1) is 22.7 Å². The van der Waals surface area contributed by atoms with Crippen molar-refractivity contribution in [2.75, 3.05) is 17.7 Å². The standard InChI is InChI=1S/C14H14N4O2/c1-3-14(19)18-12-6-11(4-5-13(12)20-2)17-9-10(7-15)8-16/h4-6,9,17H,3H2,1-2H3,(H,18,19). The molecule has 6 heteroatoms. The van der Waals surface area contributed by atoms with Crippen LogP contribution >= 0.6 is 0 Å². The maximum absolute atomic E-state index is 11.4. The maximum Gasteiger partial charge on any atom is 0.224 e. The zero-order valence-corrected chi connectivity index (χ0v) is 11.2. The summed E-state index contributed by atoms with van der Waals surface area (Å²) in [6.07, 6.45) is 1.65. The van der Waals surface area contributed by atoms with Gasteiger partial charge in [-0.3, -0.25) is 4.79 Å². The number of allylic oxidation sites excluding steroid dienone is 1. The lowest BCUT2D eigenvalue weighted by Crippen LogP contribution is -2.10. The van der Waals surface area contributed by atoms with Gasteiger partial charge in [0.1, 0.15) is 23.5 Å². The summed E-state index contributed by atoms with van der Waals surface area (Å²) in [5, 5.41) is 22.8. The Morgan fingerprint density at radius 3 is 2.65 bits per heavy atom. The van der Waals surface area contributed by atoms with E-state index in [0.717, 1.165) is 0 Å². The smallest absolute Gasteiger partial charge is 0.224 e. The van der Waals surface area contributed by atoms with Gasteiger partial charge in [0, 0.05) is 18.3 Å².